The quantitative estimate of drug-likeness (QED) is 0.864. The van der Waals surface area contributed by atoms with E-state index in [0.717, 1.165) is 44.1 Å². The Morgan fingerprint density at radius 3 is 3.05 bits per heavy atom. The van der Waals surface area contributed by atoms with E-state index in [-0.39, 0.29) is 12.0 Å². The molecule has 2 aliphatic heterocycles. The molecule has 2 aromatic heterocycles. The number of piperidine rings is 1. The first-order chi connectivity index (χ1) is 10.7. The van der Waals surface area contributed by atoms with Gasteiger partial charge >= 0.3 is 0 Å². The van der Waals surface area contributed by atoms with E-state index in [2.05, 4.69) is 26.9 Å². The van der Waals surface area contributed by atoms with E-state index in [1.807, 2.05) is 12.4 Å². The predicted molar refractivity (Wildman–Crippen MR) is 81.8 cm³/mol. The monoisotopic (exact) mass is 320 g/mol. The Morgan fingerprint density at radius 1 is 1.41 bits per heavy atom. The SMILES string of the molecule is Cc1noc([C@@H]2C[C@H]3OCC[C@H]3N(Cc3scnc3C)C2)n1. The van der Waals surface area contributed by atoms with Gasteiger partial charge < -0.3 is 9.26 Å². The second-order valence-corrected chi connectivity index (χ2v) is 7.11. The van der Waals surface area contributed by atoms with Gasteiger partial charge in [0.15, 0.2) is 5.82 Å². The maximum absolute atomic E-state index is 5.95. The van der Waals surface area contributed by atoms with Crippen molar-refractivity contribution < 1.29 is 9.26 Å². The van der Waals surface area contributed by atoms with Crippen molar-refractivity contribution in [2.45, 2.75) is 51.3 Å². The molecule has 0 bridgehead atoms. The molecule has 3 atom stereocenters. The van der Waals surface area contributed by atoms with E-state index in [9.17, 15) is 0 Å². The van der Waals surface area contributed by atoms with E-state index in [4.69, 9.17) is 9.26 Å². The number of aromatic nitrogens is 3. The summed E-state index contributed by atoms with van der Waals surface area (Å²) in [7, 11) is 0. The van der Waals surface area contributed by atoms with E-state index < -0.39 is 0 Å². The van der Waals surface area contributed by atoms with Crippen LogP contribution in [0.25, 0.3) is 0 Å². The third-order valence-corrected chi connectivity index (χ3v) is 5.62. The van der Waals surface area contributed by atoms with Crippen LogP contribution in [0.3, 0.4) is 0 Å². The van der Waals surface area contributed by atoms with Gasteiger partial charge in [-0.05, 0) is 26.7 Å². The number of ether oxygens (including phenoxy) is 1. The number of thiazole rings is 1. The molecule has 22 heavy (non-hydrogen) atoms. The number of hydrogen-bond donors (Lipinski definition) is 0. The number of hydrogen-bond acceptors (Lipinski definition) is 7. The molecule has 2 aliphatic rings. The van der Waals surface area contributed by atoms with Gasteiger partial charge in [0.25, 0.3) is 0 Å². The van der Waals surface area contributed by atoms with Crippen molar-refractivity contribution >= 4 is 11.3 Å². The van der Waals surface area contributed by atoms with Crippen molar-refractivity contribution in [3.63, 3.8) is 0 Å². The van der Waals surface area contributed by atoms with Gasteiger partial charge in [-0.15, -0.1) is 11.3 Å². The van der Waals surface area contributed by atoms with Crippen LogP contribution in [0.4, 0.5) is 0 Å². The Labute approximate surface area is 133 Å². The van der Waals surface area contributed by atoms with Crippen molar-refractivity contribution in [3.8, 4) is 0 Å². The smallest absolute Gasteiger partial charge is 0.231 e. The molecule has 7 heteroatoms. The lowest BCUT2D eigenvalue weighted by molar-refractivity contribution is 0.00878. The maximum Gasteiger partial charge on any atom is 0.231 e. The van der Waals surface area contributed by atoms with Crippen LogP contribution in [-0.4, -0.2) is 45.3 Å². The van der Waals surface area contributed by atoms with E-state index in [1.54, 1.807) is 11.3 Å². The minimum atomic E-state index is 0.258. The van der Waals surface area contributed by atoms with Crippen molar-refractivity contribution in [2.75, 3.05) is 13.2 Å². The Kier molecular flexibility index (Phi) is 3.71. The Morgan fingerprint density at radius 2 is 2.32 bits per heavy atom. The summed E-state index contributed by atoms with van der Waals surface area (Å²) in [5, 5.41) is 3.94. The van der Waals surface area contributed by atoms with Crippen LogP contribution < -0.4 is 0 Å². The molecule has 118 valence electrons. The molecule has 0 saturated carbocycles. The van der Waals surface area contributed by atoms with Crippen LogP contribution in [0.15, 0.2) is 10.0 Å². The highest BCUT2D eigenvalue weighted by atomic mass is 32.1. The Balaban J connectivity index is 1.57. The molecule has 4 heterocycles. The van der Waals surface area contributed by atoms with Gasteiger partial charge in [-0.2, -0.15) is 4.98 Å². The summed E-state index contributed by atoms with van der Waals surface area (Å²) in [5.41, 5.74) is 3.06. The number of fused-ring (bicyclic) bond motifs is 1. The molecule has 0 unspecified atom stereocenters. The average molecular weight is 320 g/mol. The second kappa shape index (κ2) is 5.72. The maximum atomic E-state index is 5.95. The summed E-state index contributed by atoms with van der Waals surface area (Å²) in [6.45, 7) is 6.68. The van der Waals surface area contributed by atoms with Gasteiger partial charge in [0.2, 0.25) is 5.89 Å². The number of likely N-dealkylation sites (tertiary alicyclic amines) is 1. The summed E-state index contributed by atoms with van der Waals surface area (Å²) in [4.78, 5) is 12.7. The third kappa shape index (κ3) is 2.57. The van der Waals surface area contributed by atoms with Crippen molar-refractivity contribution in [2.24, 2.45) is 0 Å². The van der Waals surface area contributed by atoms with Gasteiger partial charge in [-0.1, -0.05) is 5.16 Å². The van der Waals surface area contributed by atoms with E-state index in [1.165, 1.54) is 4.88 Å². The summed E-state index contributed by atoms with van der Waals surface area (Å²) < 4.78 is 11.4. The number of nitrogens with zero attached hydrogens (tertiary/aromatic N) is 4. The molecule has 2 fully saturated rings. The molecule has 0 radical (unpaired) electrons. The highest BCUT2D eigenvalue weighted by molar-refractivity contribution is 7.09. The van der Waals surface area contributed by atoms with E-state index >= 15 is 0 Å². The summed E-state index contributed by atoms with van der Waals surface area (Å²) in [5.74, 6) is 1.71. The fraction of sp³-hybridized carbons (Fsp3) is 0.667. The lowest BCUT2D eigenvalue weighted by atomic mass is 9.90. The van der Waals surface area contributed by atoms with Crippen LogP contribution in [0.5, 0.6) is 0 Å². The van der Waals surface area contributed by atoms with Gasteiger partial charge in [-0.3, -0.25) is 4.90 Å². The van der Waals surface area contributed by atoms with Crippen LogP contribution in [0.1, 0.15) is 41.0 Å². The average Bonchev–Trinajstić information content (AvgIpc) is 3.21. The molecule has 2 saturated heterocycles. The fourth-order valence-electron chi connectivity index (χ4n) is 3.56. The van der Waals surface area contributed by atoms with Crippen molar-refractivity contribution in [3.05, 3.63) is 27.8 Å². The molecule has 0 N–H and O–H groups in total. The largest absolute Gasteiger partial charge is 0.377 e. The standard InChI is InChI=1S/C15H20N4O2S/c1-9-14(22-8-16-9)7-19-6-11(15-17-10(2)18-21-15)5-13-12(19)3-4-20-13/h8,11-13H,3-7H2,1-2H3/t11-,12-,13-/m1/s1. The van der Waals surface area contributed by atoms with Crippen LogP contribution >= 0.6 is 11.3 Å². The van der Waals surface area contributed by atoms with Gasteiger partial charge in [0.1, 0.15) is 0 Å². The molecule has 0 aromatic carbocycles. The minimum absolute atomic E-state index is 0.258. The summed E-state index contributed by atoms with van der Waals surface area (Å²) in [6, 6.07) is 0.502. The third-order valence-electron chi connectivity index (χ3n) is 4.70. The molecular formula is C15H20N4O2S. The molecule has 0 amide bonds. The van der Waals surface area contributed by atoms with Crippen LogP contribution in [0, 0.1) is 13.8 Å². The summed E-state index contributed by atoms with van der Waals surface area (Å²) in [6.07, 6.45) is 2.36. The first kappa shape index (κ1) is 14.3. The Hall–Kier alpha value is -1.31. The van der Waals surface area contributed by atoms with Crippen LogP contribution in [-0.2, 0) is 11.3 Å². The van der Waals surface area contributed by atoms with Crippen molar-refractivity contribution in [1.29, 1.82) is 0 Å². The van der Waals surface area contributed by atoms with Gasteiger partial charge in [-0.25, -0.2) is 4.98 Å². The van der Waals surface area contributed by atoms with Gasteiger partial charge in [0, 0.05) is 30.6 Å². The first-order valence-corrected chi connectivity index (χ1v) is 8.63. The minimum Gasteiger partial charge on any atom is -0.377 e. The molecule has 0 spiro atoms. The highest BCUT2D eigenvalue weighted by Crippen LogP contribution is 2.36. The zero-order valence-corrected chi connectivity index (χ0v) is 13.7. The van der Waals surface area contributed by atoms with E-state index in [0.29, 0.717) is 11.9 Å². The predicted octanol–water partition coefficient (Wildman–Crippen LogP) is 2.29. The van der Waals surface area contributed by atoms with Crippen molar-refractivity contribution in [1.82, 2.24) is 20.0 Å². The fourth-order valence-corrected chi connectivity index (χ4v) is 4.36. The molecular weight excluding hydrogens is 300 g/mol. The lowest BCUT2D eigenvalue weighted by Gasteiger charge is -2.39. The molecule has 4 rings (SSSR count). The highest BCUT2D eigenvalue weighted by Gasteiger charge is 2.42. The second-order valence-electron chi connectivity index (χ2n) is 6.17. The molecule has 6 nitrogen and oxygen atoms in total. The molecule has 2 aromatic rings. The number of aryl methyl sites for hydroxylation is 2. The zero-order chi connectivity index (χ0) is 15.1. The topological polar surface area (TPSA) is 64.3 Å². The van der Waals surface area contributed by atoms with Crippen LogP contribution in [0.2, 0.25) is 0 Å². The lowest BCUT2D eigenvalue weighted by Crippen LogP contribution is -2.48. The summed E-state index contributed by atoms with van der Waals surface area (Å²) >= 11 is 1.73. The first-order valence-electron chi connectivity index (χ1n) is 7.75. The normalized spacial score (nSPS) is 28.9. The van der Waals surface area contributed by atoms with Gasteiger partial charge in [0.05, 0.1) is 23.2 Å². The Bertz CT molecular complexity index is 656. The molecule has 0 aliphatic carbocycles. The number of rotatable bonds is 3. The zero-order valence-electron chi connectivity index (χ0n) is 12.9.